The zero-order valence-electron chi connectivity index (χ0n) is 18.7. The highest BCUT2D eigenvalue weighted by atomic mass is 16.3. The van der Waals surface area contributed by atoms with E-state index in [2.05, 4.69) is 41.2 Å². The molecule has 7 heteroatoms. The molecule has 4 aromatic heterocycles. The molecule has 0 radical (unpaired) electrons. The second-order valence-corrected chi connectivity index (χ2v) is 8.93. The summed E-state index contributed by atoms with van der Waals surface area (Å²) in [6.45, 7) is 6.45. The highest BCUT2D eigenvalue weighted by Crippen LogP contribution is 2.41. The molecule has 0 unspecified atom stereocenters. The molecule has 0 saturated heterocycles. The quantitative estimate of drug-likeness (QED) is 0.340. The fraction of sp³-hybridized carbons (Fsp3) is 0.154. The Labute approximate surface area is 191 Å². The van der Waals surface area contributed by atoms with Gasteiger partial charge in [-0.1, -0.05) is 32.9 Å². The summed E-state index contributed by atoms with van der Waals surface area (Å²) in [5, 5.41) is 25.3. The lowest BCUT2D eigenvalue weighted by atomic mass is 9.83. The number of pyridine rings is 2. The van der Waals surface area contributed by atoms with Crippen LogP contribution in [0.15, 0.2) is 73.1 Å². The smallest absolute Gasteiger partial charge is 0.134 e. The Morgan fingerprint density at radius 2 is 1.12 bits per heavy atom. The molecule has 0 saturated carbocycles. The summed E-state index contributed by atoms with van der Waals surface area (Å²) < 4.78 is 0. The Morgan fingerprint density at radius 1 is 0.667 bits per heavy atom. The summed E-state index contributed by atoms with van der Waals surface area (Å²) in [6, 6.07) is 19.3. The molecule has 1 aromatic carbocycles. The van der Waals surface area contributed by atoms with E-state index in [1.165, 1.54) is 0 Å². The molecule has 3 N–H and O–H groups in total. The second kappa shape index (κ2) is 8.02. The molecule has 0 bridgehead atoms. The number of phenolic OH excluding ortho intramolecular Hbond substituents is 1. The molecule has 164 valence electrons. The van der Waals surface area contributed by atoms with Crippen LogP contribution in [0, 0.1) is 0 Å². The Morgan fingerprint density at radius 3 is 1.52 bits per heavy atom. The minimum absolute atomic E-state index is 0.140. The maximum Gasteiger partial charge on any atom is 0.134 e. The standard InChI is InChI=1S/C26H24N6O/c1-26(2,3)16-14-17(19-6-4-8-21(29-19)23-10-12-27-31-23)25(33)18(15-16)20-7-5-9-22(30-20)24-11-13-28-32-24/h4-15,33H,1-3H3,(H,27,31)(H,28,32). The lowest BCUT2D eigenvalue weighted by molar-refractivity contribution is 0.478. The van der Waals surface area contributed by atoms with Crippen molar-refractivity contribution in [2.75, 3.05) is 0 Å². The van der Waals surface area contributed by atoms with Crippen LogP contribution in [0.3, 0.4) is 0 Å². The first-order chi connectivity index (χ1) is 15.9. The SMILES string of the molecule is CC(C)(C)c1cc(-c2cccc(-c3ccn[nH]3)n2)c(O)c(-c2cccc(-c3ccn[nH]3)n2)c1. The molecule has 0 spiro atoms. The van der Waals surface area contributed by atoms with Crippen molar-refractivity contribution in [3.8, 4) is 51.0 Å². The number of benzene rings is 1. The van der Waals surface area contributed by atoms with Gasteiger partial charge in [-0.25, -0.2) is 9.97 Å². The average molecular weight is 437 g/mol. The number of hydrogen-bond acceptors (Lipinski definition) is 5. The number of H-pyrrole nitrogens is 2. The van der Waals surface area contributed by atoms with Gasteiger partial charge in [-0.2, -0.15) is 10.2 Å². The molecule has 0 aliphatic carbocycles. The number of aromatic nitrogens is 6. The zero-order chi connectivity index (χ0) is 23.0. The lowest BCUT2D eigenvalue weighted by Crippen LogP contribution is -2.11. The van der Waals surface area contributed by atoms with Gasteiger partial charge < -0.3 is 5.11 Å². The Bertz CT molecular complexity index is 1300. The maximum absolute atomic E-state index is 11.4. The molecular weight excluding hydrogens is 412 g/mol. The highest BCUT2D eigenvalue weighted by molar-refractivity contribution is 5.82. The number of rotatable bonds is 4. The summed E-state index contributed by atoms with van der Waals surface area (Å²) >= 11 is 0. The number of phenols is 1. The van der Waals surface area contributed by atoms with E-state index in [0.717, 1.165) is 28.3 Å². The van der Waals surface area contributed by atoms with Crippen LogP contribution in [-0.2, 0) is 5.41 Å². The van der Waals surface area contributed by atoms with Gasteiger partial charge in [-0.3, -0.25) is 10.2 Å². The molecule has 0 aliphatic heterocycles. The van der Waals surface area contributed by atoms with Gasteiger partial charge >= 0.3 is 0 Å². The van der Waals surface area contributed by atoms with Gasteiger partial charge in [0.05, 0.1) is 34.2 Å². The first-order valence-corrected chi connectivity index (χ1v) is 10.7. The molecule has 0 atom stereocenters. The number of nitrogens with one attached hydrogen (secondary N) is 2. The van der Waals surface area contributed by atoms with E-state index in [4.69, 9.17) is 9.97 Å². The van der Waals surface area contributed by atoms with Crippen LogP contribution in [0.5, 0.6) is 5.75 Å². The molecule has 0 aliphatic rings. The minimum Gasteiger partial charge on any atom is -0.507 e. The Hall–Kier alpha value is -4.26. The third-order valence-corrected chi connectivity index (χ3v) is 5.58. The van der Waals surface area contributed by atoms with Gasteiger partial charge in [-0.15, -0.1) is 0 Å². The molecule has 4 heterocycles. The first-order valence-electron chi connectivity index (χ1n) is 10.7. The van der Waals surface area contributed by atoms with Crippen LogP contribution >= 0.6 is 0 Å². The number of aromatic hydroxyl groups is 1. The summed E-state index contributed by atoms with van der Waals surface area (Å²) in [7, 11) is 0. The van der Waals surface area contributed by atoms with E-state index in [1.807, 2.05) is 60.7 Å². The van der Waals surface area contributed by atoms with Crippen molar-refractivity contribution < 1.29 is 5.11 Å². The fourth-order valence-electron chi connectivity index (χ4n) is 3.72. The van der Waals surface area contributed by atoms with Crippen molar-refractivity contribution in [1.29, 1.82) is 0 Å². The van der Waals surface area contributed by atoms with Gasteiger partial charge in [0.2, 0.25) is 0 Å². The second-order valence-electron chi connectivity index (χ2n) is 8.93. The van der Waals surface area contributed by atoms with E-state index in [0.29, 0.717) is 22.5 Å². The fourth-order valence-corrected chi connectivity index (χ4v) is 3.72. The molecule has 7 nitrogen and oxygen atoms in total. The predicted molar refractivity (Wildman–Crippen MR) is 128 cm³/mol. The summed E-state index contributed by atoms with van der Waals surface area (Å²) in [6.07, 6.45) is 3.38. The van der Waals surface area contributed by atoms with E-state index in [9.17, 15) is 5.11 Å². The number of nitrogens with zero attached hydrogens (tertiary/aromatic N) is 4. The summed E-state index contributed by atoms with van der Waals surface area (Å²) in [4.78, 5) is 9.60. The zero-order valence-corrected chi connectivity index (χ0v) is 18.7. The Balaban J connectivity index is 1.69. The predicted octanol–water partition coefficient (Wildman–Crippen LogP) is 5.59. The van der Waals surface area contributed by atoms with Crippen LogP contribution in [0.4, 0.5) is 0 Å². The monoisotopic (exact) mass is 436 g/mol. The third kappa shape index (κ3) is 4.01. The largest absolute Gasteiger partial charge is 0.507 e. The summed E-state index contributed by atoms with van der Waals surface area (Å²) in [5.74, 6) is 0.145. The molecule has 0 amide bonds. The van der Waals surface area contributed by atoms with E-state index in [1.54, 1.807) is 12.4 Å². The molecular formula is C26H24N6O. The molecule has 0 fully saturated rings. The minimum atomic E-state index is -0.140. The first kappa shape index (κ1) is 20.6. The molecule has 5 aromatic rings. The topological polar surface area (TPSA) is 103 Å². The van der Waals surface area contributed by atoms with Gasteiger partial charge in [-0.05, 0) is 59.5 Å². The van der Waals surface area contributed by atoms with Crippen LogP contribution in [-0.4, -0.2) is 35.5 Å². The van der Waals surface area contributed by atoms with Crippen LogP contribution in [0.1, 0.15) is 26.3 Å². The van der Waals surface area contributed by atoms with E-state index < -0.39 is 0 Å². The van der Waals surface area contributed by atoms with Gasteiger partial charge in [0.25, 0.3) is 0 Å². The van der Waals surface area contributed by atoms with Gasteiger partial charge in [0.1, 0.15) is 5.75 Å². The number of aromatic amines is 2. The maximum atomic E-state index is 11.4. The van der Waals surface area contributed by atoms with Crippen molar-refractivity contribution in [2.24, 2.45) is 0 Å². The van der Waals surface area contributed by atoms with Crippen molar-refractivity contribution in [2.45, 2.75) is 26.2 Å². The van der Waals surface area contributed by atoms with E-state index >= 15 is 0 Å². The molecule has 5 rings (SSSR count). The van der Waals surface area contributed by atoms with Gasteiger partial charge in [0.15, 0.2) is 0 Å². The highest BCUT2D eigenvalue weighted by Gasteiger charge is 2.22. The van der Waals surface area contributed by atoms with Crippen molar-refractivity contribution >= 4 is 0 Å². The summed E-state index contributed by atoms with van der Waals surface area (Å²) in [5.41, 5.74) is 6.76. The molecule has 33 heavy (non-hydrogen) atoms. The lowest BCUT2D eigenvalue weighted by Gasteiger charge is -2.22. The van der Waals surface area contributed by atoms with Crippen LogP contribution in [0.25, 0.3) is 45.3 Å². The third-order valence-electron chi connectivity index (χ3n) is 5.58. The van der Waals surface area contributed by atoms with Crippen molar-refractivity contribution in [1.82, 2.24) is 30.4 Å². The average Bonchev–Trinajstić information content (AvgIpc) is 3.53. The van der Waals surface area contributed by atoms with Crippen molar-refractivity contribution in [3.63, 3.8) is 0 Å². The van der Waals surface area contributed by atoms with Crippen LogP contribution in [0.2, 0.25) is 0 Å². The normalized spacial score (nSPS) is 11.6. The Kier molecular flexibility index (Phi) is 5.01. The number of hydrogen-bond donors (Lipinski definition) is 3. The van der Waals surface area contributed by atoms with Crippen molar-refractivity contribution in [3.05, 3.63) is 78.6 Å². The van der Waals surface area contributed by atoms with Crippen LogP contribution < -0.4 is 0 Å². The van der Waals surface area contributed by atoms with E-state index in [-0.39, 0.29) is 11.2 Å². The van der Waals surface area contributed by atoms with Gasteiger partial charge in [0, 0.05) is 23.5 Å².